The molecule has 5 rings (SSSR count). The minimum atomic E-state index is -0.339. The number of carbonyl (C=O) groups is 1. The van der Waals surface area contributed by atoms with Crippen LogP contribution in [0.25, 0.3) is 28.4 Å². The maximum atomic E-state index is 12.5. The van der Waals surface area contributed by atoms with E-state index in [0.29, 0.717) is 38.5 Å². The van der Waals surface area contributed by atoms with Crippen molar-refractivity contribution in [1.82, 2.24) is 24.8 Å². The minimum absolute atomic E-state index is 0.310. The molecule has 2 aromatic carbocycles. The van der Waals surface area contributed by atoms with E-state index in [2.05, 4.69) is 25.6 Å². The molecule has 1 N–H and O–H groups in total. The van der Waals surface area contributed by atoms with Crippen LogP contribution in [0.2, 0.25) is 10.0 Å². The van der Waals surface area contributed by atoms with Gasteiger partial charge < -0.3 is 5.32 Å². The maximum absolute atomic E-state index is 12.5. The summed E-state index contributed by atoms with van der Waals surface area (Å²) in [5.41, 5.74) is 3.83. The van der Waals surface area contributed by atoms with Gasteiger partial charge in [-0.05, 0) is 54.6 Å². The molecule has 0 saturated carbocycles. The Labute approximate surface area is 192 Å². The van der Waals surface area contributed by atoms with Crippen molar-refractivity contribution in [1.29, 1.82) is 0 Å². The SMILES string of the molecule is O=C(Nc1ccc(-c2ccc3nnc(-c4ccccn4)n3n2)cc1)c1cc(Cl)ccc1Cl. The van der Waals surface area contributed by atoms with E-state index in [9.17, 15) is 4.79 Å². The second kappa shape index (κ2) is 8.37. The molecule has 32 heavy (non-hydrogen) atoms. The van der Waals surface area contributed by atoms with Gasteiger partial charge in [0, 0.05) is 22.5 Å². The van der Waals surface area contributed by atoms with Crippen molar-refractivity contribution in [2.24, 2.45) is 0 Å². The van der Waals surface area contributed by atoms with Crippen molar-refractivity contribution in [2.45, 2.75) is 0 Å². The van der Waals surface area contributed by atoms with Crippen LogP contribution in [0.1, 0.15) is 10.4 Å². The molecule has 0 saturated heterocycles. The molecule has 0 spiro atoms. The fourth-order valence-corrected chi connectivity index (χ4v) is 3.57. The third-order valence-corrected chi connectivity index (χ3v) is 5.33. The molecule has 0 aliphatic carbocycles. The van der Waals surface area contributed by atoms with Crippen molar-refractivity contribution < 1.29 is 4.79 Å². The van der Waals surface area contributed by atoms with Crippen LogP contribution in [0.5, 0.6) is 0 Å². The highest BCUT2D eigenvalue weighted by Gasteiger charge is 2.13. The summed E-state index contributed by atoms with van der Waals surface area (Å²) in [6.07, 6.45) is 1.70. The number of benzene rings is 2. The molecule has 1 amide bonds. The first-order chi connectivity index (χ1) is 15.6. The van der Waals surface area contributed by atoms with E-state index in [1.54, 1.807) is 35.0 Å². The largest absolute Gasteiger partial charge is 0.322 e. The molecule has 7 nitrogen and oxygen atoms in total. The molecule has 3 heterocycles. The van der Waals surface area contributed by atoms with Crippen molar-refractivity contribution in [3.8, 4) is 22.8 Å². The van der Waals surface area contributed by atoms with Crippen LogP contribution < -0.4 is 5.32 Å². The van der Waals surface area contributed by atoms with E-state index in [1.807, 2.05) is 42.5 Å². The zero-order valence-corrected chi connectivity index (χ0v) is 17.9. The summed E-state index contributed by atoms with van der Waals surface area (Å²) in [4.78, 5) is 16.9. The van der Waals surface area contributed by atoms with Gasteiger partial charge in [0.1, 0.15) is 5.69 Å². The van der Waals surface area contributed by atoms with Gasteiger partial charge in [-0.1, -0.05) is 41.4 Å². The fraction of sp³-hybridized carbons (Fsp3) is 0. The number of carbonyl (C=O) groups excluding carboxylic acids is 1. The van der Waals surface area contributed by atoms with E-state index in [4.69, 9.17) is 23.2 Å². The summed E-state index contributed by atoms with van der Waals surface area (Å²) in [6.45, 7) is 0. The lowest BCUT2D eigenvalue weighted by Gasteiger charge is -2.08. The Morgan fingerprint density at radius 2 is 1.72 bits per heavy atom. The smallest absolute Gasteiger partial charge is 0.257 e. The third-order valence-electron chi connectivity index (χ3n) is 4.77. The second-order valence-electron chi connectivity index (χ2n) is 6.88. The standard InChI is InChI=1S/C23H14Cl2N6O/c24-15-6-9-18(25)17(13-15)23(32)27-16-7-4-14(5-8-16)19-10-11-21-28-29-22(31(21)30-19)20-3-1-2-12-26-20/h1-13H,(H,27,32). The normalized spacial score (nSPS) is 10.9. The molecule has 156 valence electrons. The summed E-state index contributed by atoms with van der Waals surface area (Å²) in [6, 6.07) is 21.4. The van der Waals surface area contributed by atoms with Crippen LogP contribution >= 0.6 is 23.2 Å². The first-order valence-electron chi connectivity index (χ1n) is 9.59. The fourth-order valence-electron chi connectivity index (χ4n) is 3.19. The summed E-state index contributed by atoms with van der Waals surface area (Å²) < 4.78 is 1.66. The molecule has 0 aliphatic heterocycles. The number of aromatic nitrogens is 5. The molecule has 0 atom stereocenters. The van der Waals surface area contributed by atoms with E-state index in [0.717, 1.165) is 11.3 Å². The highest BCUT2D eigenvalue weighted by Crippen LogP contribution is 2.24. The molecule has 0 fully saturated rings. The first kappa shape index (κ1) is 20.1. The molecule has 0 radical (unpaired) electrons. The van der Waals surface area contributed by atoms with Gasteiger partial charge in [-0.15, -0.1) is 10.2 Å². The average Bonchev–Trinajstić information content (AvgIpc) is 3.25. The third kappa shape index (κ3) is 3.91. The number of nitrogens with one attached hydrogen (secondary N) is 1. The number of rotatable bonds is 4. The van der Waals surface area contributed by atoms with Crippen LogP contribution in [0.15, 0.2) is 79.0 Å². The lowest BCUT2D eigenvalue weighted by molar-refractivity contribution is 0.102. The van der Waals surface area contributed by atoms with E-state index in [1.165, 1.54) is 6.07 Å². The van der Waals surface area contributed by atoms with Gasteiger partial charge in [0.15, 0.2) is 5.65 Å². The van der Waals surface area contributed by atoms with Crippen molar-refractivity contribution >= 4 is 40.4 Å². The molecular weight excluding hydrogens is 447 g/mol. The predicted octanol–water partition coefficient (Wildman–Crippen LogP) is 5.41. The Morgan fingerprint density at radius 1 is 0.875 bits per heavy atom. The maximum Gasteiger partial charge on any atom is 0.257 e. The highest BCUT2D eigenvalue weighted by molar-refractivity contribution is 6.36. The van der Waals surface area contributed by atoms with Gasteiger partial charge in [0.2, 0.25) is 5.82 Å². The lowest BCUT2D eigenvalue weighted by Crippen LogP contribution is -2.12. The Kier molecular flexibility index (Phi) is 5.26. The number of fused-ring (bicyclic) bond motifs is 1. The zero-order chi connectivity index (χ0) is 22.1. The number of hydrogen-bond acceptors (Lipinski definition) is 5. The number of nitrogens with zero attached hydrogens (tertiary/aromatic N) is 5. The van der Waals surface area contributed by atoms with Gasteiger partial charge in [-0.2, -0.15) is 9.61 Å². The Bertz CT molecular complexity index is 1430. The summed E-state index contributed by atoms with van der Waals surface area (Å²) in [5, 5.41) is 16.6. The zero-order valence-electron chi connectivity index (χ0n) is 16.4. The molecule has 5 aromatic rings. The predicted molar refractivity (Wildman–Crippen MR) is 124 cm³/mol. The van der Waals surface area contributed by atoms with Crippen LogP contribution in [-0.2, 0) is 0 Å². The van der Waals surface area contributed by atoms with Crippen LogP contribution in [0.4, 0.5) is 5.69 Å². The van der Waals surface area contributed by atoms with Gasteiger partial charge >= 0.3 is 0 Å². The van der Waals surface area contributed by atoms with Crippen molar-refractivity contribution in [3.63, 3.8) is 0 Å². The average molecular weight is 461 g/mol. The second-order valence-corrected chi connectivity index (χ2v) is 7.73. The Morgan fingerprint density at radius 3 is 2.50 bits per heavy atom. The van der Waals surface area contributed by atoms with Gasteiger partial charge in [-0.3, -0.25) is 9.78 Å². The molecule has 3 aromatic heterocycles. The van der Waals surface area contributed by atoms with Gasteiger partial charge in [0.05, 0.1) is 16.3 Å². The van der Waals surface area contributed by atoms with E-state index in [-0.39, 0.29) is 5.91 Å². The molecular formula is C23H14Cl2N6O. The quantitative estimate of drug-likeness (QED) is 0.387. The van der Waals surface area contributed by atoms with Crippen LogP contribution in [0.3, 0.4) is 0 Å². The number of anilines is 1. The highest BCUT2D eigenvalue weighted by atomic mass is 35.5. The summed E-state index contributed by atoms with van der Waals surface area (Å²) in [7, 11) is 0. The summed E-state index contributed by atoms with van der Waals surface area (Å²) >= 11 is 12.1. The minimum Gasteiger partial charge on any atom is -0.322 e. The number of hydrogen-bond donors (Lipinski definition) is 1. The number of amides is 1. The van der Waals surface area contributed by atoms with Gasteiger partial charge in [-0.25, -0.2) is 0 Å². The monoisotopic (exact) mass is 460 g/mol. The topological polar surface area (TPSA) is 85.1 Å². The van der Waals surface area contributed by atoms with E-state index >= 15 is 0 Å². The number of pyridine rings is 1. The molecule has 9 heteroatoms. The van der Waals surface area contributed by atoms with E-state index < -0.39 is 0 Å². The van der Waals surface area contributed by atoms with Crippen molar-refractivity contribution in [2.75, 3.05) is 5.32 Å². The van der Waals surface area contributed by atoms with Crippen LogP contribution in [0, 0.1) is 0 Å². The summed E-state index contributed by atoms with van der Waals surface area (Å²) in [5.74, 6) is 0.221. The Hall–Kier alpha value is -3.81. The molecule has 0 bridgehead atoms. The van der Waals surface area contributed by atoms with Crippen LogP contribution in [-0.4, -0.2) is 30.7 Å². The van der Waals surface area contributed by atoms with Crippen molar-refractivity contribution in [3.05, 3.63) is 94.6 Å². The molecule has 0 unspecified atom stereocenters. The first-order valence-corrected chi connectivity index (χ1v) is 10.3. The number of halogens is 2. The molecule has 0 aliphatic rings. The lowest BCUT2D eigenvalue weighted by atomic mass is 10.1. The Balaban J connectivity index is 1.41. The van der Waals surface area contributed by atoms with Gasteiger partial charge in [0.25, 0.3) is 5.91 Å².